The van der Waals surface area contributed by atoms with Crippen molar-refractivity contribution in [2.45, 2.75) is 19.8 Å². The average Bonchev–Trinajstić information content (AvgIpc) is 1.83. The highest BCUT2D eigenvalue weighted by Gasteiger charge is 1.87. The van der Waals surface area contributed by atoms with Gasteiger partial charge in [-0.15, -0.1) is 5.73 Å². The second kappa shape index (κ2) is 4.63. The molecule has 0 aromatic carbocycles. The quantitative estimate of drug-likeness (QED) is 0.548. The summed E-state index contributed by atoms with van der Waals surface area (Å²) in [6.45, 7) is 5.60. The Hall–Kier alpha value is -0.520. The molecule has 0 amide bonds. The van der Waals surface area contributed by atoms with Crippen molar-refractivity contribution in [1.29, 1.82) is 0 Å². The third-order valence-corrected chi connectivity index (χ3v) is 0.993. The van der Waals surface area contributed by atoms with Crippen molar-refractivity contribution < 1.29 is 5.11 Å². The Balaban J connectivity index is 3.55. The van der Waals surface area contributed by atoms with Crippen molar-refractivity contribution in [2.24, 2.45) is 0 Å². The third kappa shape index (κ3) is 2.62. The average molecular weight is 112 g/mol. The van der Waals surface area contributed by atoms with Crippen molar-refractivity contribution >= 4 is 0 Å². The minimum atomic E-state index is 0.108. The molecule has 0 aliphatic heterocycles. The summed E-state index contributed by atoms with van der Waals surface area (Å²) in [5.41, 5.74) is 3.58. The number of hydrogen-bond donors (Lipinski definition) is 1. The molecule has 0 unspecified atom stereocenters. The highest BCUT2D eigenvalue weighted by atomic mass is 16.3. The third-order valence-electron chi connectivity index (χ3n) is 0.993. The van der Waals surface area contributed by atoms with Crippen LogP contribution >= 0.6 is 0 Å². The van der Waals surface area contributed by atoms with Crippen LogP contribution in [0.25, 0.3) is 0 Å². The van der Waals surface area contributed by atoms with Gasteiger partial charge in [-0.1, -0.05) is 19.9 Å². The molecule has 0 radical (unpaired) electrons. The molecule has 0 aromatic heterocycles. The Bertz CT molecular complexity index is 99.0. The summed E-state index contributed by atoms with van der Waals surface area (Å²) in [4.78, 5) is 0. The number of hydrogen-bond acceptors (Lipinski definition) is 1. The molecule has 0 fully saturated rings. The highest BCUT2D eigenvalue weighted by Crippen LogP contribution is 1.99. The molecule has 0 rings (SSSR count). The van der Waals surface area contributed by atoms with Crippen LogP contribution in [0.2, 0.25) is 0 Å². The maximum absolute atomic E-state index is 8.52. The van der Waals surface area contributed by atoms with Crippen molar-refractivity contribution in [2.75, 3.05) is 6.61 Å². The maximum atomic E-state index is 8.52. The minimum absolute atomic E-state index is 0.108. The van der Waals surface area contributed by atoms with Crippen LogP contribution in [0.5, 0.6) is 0 Å². The summed E-state index contributed by atoms with van der Waals surface area (Å²) >= 11 is 0. The van der Waals surface area contributed by atoms with Gasteiger partial charge in [-0.3, -0.25) is 0 Å². The summed E-state index contributed by atoms with van der Waals surface area (Å²) < 4.78 is 0. The predicted molar refractivity (Wildman–Crippen MR) is 34.6 cm³/mol. The van der Waals surface area contributed by atoms with E-state index in [1.807, 2.05) is 0 Å². The van der Waals surface area contributed by atoms with Gasteiger partial charge in [0.15, 0.2) is 0 Å². The molecule has 0 aromatic rings. The highest BCUT2D eigenvalue weighted by molar-refractivity contribution is 4.97. The maximum Gasteiger partial charge on any atom is 0.0715 e. The van der Waals surface area contributed by atoms with Crippen LogP contribution in [0.4, 0.5) is 0 Å². The van der Waals surface area contributed by atoms with Gasteiger partial charge < -0.3 is 5.11 Å². The van der Waals surface area contributed by atoms with E-state index in [0.717, 1.165) is 18.4 Å². The van der Waals surface area contributed by atoms with Gasteiger partial charge in [0.05, 0.1) is 6.61 Å². The largest absolute Gasteiger partial charge is 0.391 e. The van der Waals surface area contributed by atoms with Gasteiger partial charge in [-0.05, 0) is 12.0 Å². The zero-order chi connectivity index (χ0) is 6.41. The van der Waals surface area contributed by atoms with E-state index in [4.69, 9.17) is 5.11 Å². The first-order chi connectivity index (χ1) is 3.85. The lowest BCUT2D eigenvalue weighted by Crippen LogP contribution is -1.86. The van der Waals surface area contributed by atoms with Crippen molar-refractivity contribution in [3.63, 3.8) is 0 Å². The standard InChI is InChI=1S/C7H12O/c1-3-5-7(4-2)6-8/h8H,2-3,5-6H2,1H3. The molecule has 0 bridgehead atoms. The Morgan fingerprint density at radius 1 is 1.75 bits per heavy atom. The molecule has 0 saturated carbocycles. The smallest absolute Gasteiger partial charge is 0.0715 e. The van der Waals surface area contributed by atoms with Crippen LogP contribution < -0.4 is 0 Å². The lowest BCUT2D eigenvalue weighted by atomic mass is 10.2. The summed E-state index contributed by atoms with van der Waals surface area (Å²) in [6.07, 6.45) is 1.97. The lowest BCUT2D eigenvalue weighted by Gasteiger charge is -1.93. The van der Waals surface area contributed by atoms with Crippen LogP contribution in [0, 0.1) is 0 Å². The molecule has 0 saturated heterocycles. The van der Waals surface area contributed by atoms with E-state index in [-0.39, 0.29) is 6.61 Å². The van der Waals surface area contributed by atoms with Crippen LogP contribution in [-0.4, -0.2) is 11.7 Å². The molecule has 1 nitrogen and oxygen atoms in total. The molecule has 0 atom stereocenters. The molecular formula is C7H12O. The summed E-state index contributed by atoms with van der Waals surface area (Å²) in [7, 11) is 0. The minimum Gasteiger partial charge on any atom is -0.391 e. The van der Waals surface area contributed by atoms with Gasteiger partial charge in [-0.2, -0.15) is 0 Å². The first kappa shape index (κ1) is 7.48. The fraction of sp³-hybridized carbons (Fsp3) is 0.571. The topological polar surface area (TPSA) is 20.2 Å². The molecule has 46 valence electrons. The monoisotopic (exact) mass is 112 g/mol. The van der Waals surface area contributed by atoms with Crippen LogP contribution in [0.3, 0.4) is 0 Å². The van der Waals surface area contributed by atoms with Gasteiger partial charge >= 0.3 is 0 Å². The van der Waals surface area contributed by atoms with Crippen LogP contribution in [0.15, 0.2) is 17.9 Å². The summed E-state index contributed by atoms with van der Waals surface area (Å²) in [5.74, 6) is 0. The lowest BCUT2D eigenvalue weighted by molar-refractivity contribution is 0.326. The molecule has 0 spiro atoms. The Morgan fingerprint density at radius 3 is 2.50 bits per heavy atom. The first-order valence-electron chi connectivity index (χ1n) is 2.83. The molecule has 8 heavy (non-hydrogen) atoms. The molecule has 0 aliphatic rings. The van der Waals surface area contributed by atoms with E-state index in [1.54, 1.807) is 0 Å². The fourth-order valence-corrected chi connectivity index (χ4v) is 0.525. The summed E-state index contributed by atoms with van der Waals surface area (Å²) in [5, 5.41) is 8.52. The molecular weight excluding hydrogens is 100 g/mol. The van der Waals surface area contributed by atoms with Gasteiger partial charge in [0.25, 0.3) is 0 Å². The molecule has 0 aliphatic carbocycles. The molecule has 1 heteroatoms. The van der Waals surface area contributed by atoms with E-state index in [9.17, 15) is 0 Å². The summed E-state index contributed by atoms with van der Waals surface area (Å²) in [6, 6.07) is 0. The van der Waals surface area contributed by atoms with Gasteiger partial charge in [0.1, 0.15) is 0 Å². The van der Waals surface area contributed by atoms with Crippen molar-refractivity contribution in [1.82, 2.24) is 0 Å². The second-order valence-electron chi connectivity index (χ2n) is 1.69. The zero-order valence-electron chi connectivity index (χ0n) is 5.28. The number of aliphatic hydroxyl groups is 1. The normalized spacial score (nSPS) is 8.25. The number of rotatable bonds is 3. The van der Waals surface area contributed by atoms with Crippen molar-refractivity contribution in [3.05, 3.63) is 17.9 Å². The second-order valence-corrected chi connectivity index (χ2v) is 1.69. The van der Waals surface area contributed by atoms with E-state index in [2.05, 4.69) is 19.2 Å². The Labute approximate surface area is 50.3 Å². The molecule has 1 N–H and O–H groups in total. The van der Waals surface area contributed by atoms with Gasteiger partial charge in [0.2, 0.25) is 0 Å². The van der Waals surface area contributed by atoms with E-state index >= 15 is 0 Å². The van der Waals surface area contributed by atoms with Crippen molar-refractivity contribution in [3.8, 4) is 0 Å². The fourth-order valence-electron chi connectivity index (χ4n) is 0.525. The van der Waals surface area contributed by atoms with Gasteiger partial charge in [-0.25, -0.2) is 0 Å². The van der Waals surface area contributed by atoms with E-state index in [0.29, 0.717) is 0 Å². The van der Waals surface area contributed by atoms with Gasteiger partial charge in [0, 0.05) is 0 Å². The zero-order valence-corrected chi connectivity index (χ0v) is 5.28. The Morgan fingerprint density at radius 2 is 2.38 bits per heavy atom. The number of aliphatic hydroxyl groups excluding tert-OH is 1. The first-order valence-corrected chi connectivity index (χ1v) is 2.83. The van der Waals surface area contributed by atoms with E-state index in [1.165, 1.54) is 0 Å². The molecule has 0 heterocycles. The SMILES string of the molecule is C=C=C(CO)CCC. The predicted octanol–water partition coefficient (Wildman–Crippen LogP) is 1.49. The van der Waals surface area contributed by atoms with Crippen LogP contribution in [-0.2, 0) is 0 Å². The Kier molecular flexibility index (Phi) is 4.33. The van der Waals surface area contributed by atoms with E-state index < -0.39 is 0 Å². The van der Waals surface area contributed by atoms with Crippen LogP contribution in [0.1, 0.15) is 19.8 Å².